The fourth-order valence-corrected chi connectivity index (χ4v) is 3.18. The molecule has 0 heterocycles. The largest absolute Gasteiger partial charge is 0.391 e. The molecule has 0 aromatic rings. The number of hydrogen-bond acceptors (Lipinski definition) is 2. The van der Waals surface area contributed by atoms with Crippen LogP contribution in [0.2, 0.25) is 0 Å². The standard InChI is InChI=1S/C12H16F3NO/c13-12(14,15)9-3-1-6-11(17,7-9)10(8-16)4-2-5-10/h9,17H,1-7H2/t9-,11+/m0/s1. The van der Waals surface area contributed by atoms with E-state index in [1.54, 1.807) is 0 Å². The number of nitriles is 1. The van der Waals surface area contributed by atoms with Crippen LogP contribution >= 0.6 is 0 Å². The summed E-state index contributed by atoms with van der Waals surface area (Å²) in [5, 5.41) is 19.6. The molecule has 2 fully saturated rings. The third-order valence-corrected chi connectivity index (χ3v) is 4.50. The van der Waals surface area contributed by atoms with E-state index < -0.39 is 23.1 Å². The minimum absolute atomic E-state index is 0.0767. The smallest absolute Gasteiger partial charge is 0.388 e. The number of alkyl halides is 3. The second kappa shape index (κ2) is 3.88. The molecule has 2 nitrogen and oxygen atoms in total. The molecule has 0 aliphatic heterocycles. The van der Waals surface area contributed by atoms with Gasteiger partial charge in [-0.1, -0.05) is 6.42 Å². The Morgan fingerprint density at radius 1 is 1.18 bits per heavy atom. The Morgan fingerprint density at radius 3 is 2.24 bits per heavy atom. The SMILES string of the molecule is N#CC1([C@@]2(O)CCC[C@H](C(F)(F)F)C2)CCC1. The van der Waals surface area contributed by atoms with Crippen LogP contribution in [0.1, 0.15) is 44.9 Å². The van der Waals surface area contributed by atoms with Crippen molar-refractivity contribution in [1.29, 1.82) is 5.26 Å². The van der Waals surface area contributed by atoms with Crippen molar-refractivity contribution in [2.45, 2.75) is 56.7 Å². The molecule has 2 aliphatic rings. The van der Waals surface area contributed by atoms with E-state index in [1.165, 1.54) is 0 Å². The van der Waals surface area contributed by atoms with E-state index in [-0.39, 0.29) is 12.8 Å². The molecule has 1 N–H and O–H groups in total. The molecule has 2 atom stereocenters. The van der Waals surface area contributed by atoms with Gasteiger partial charge in [0.1, 0.15) is 0 Å². The molecular weight excluding hydrogens is 231 g/mol. The molecule has 5 heteroatoms. The monoisotopic (exact) mass is 247 g/mol. The van der Waals surface area contributed by atoms with Gasteiger partial charge in [-0.3, -0.25) is 0 Å². The first-order valence-corrected chi connectivity index (χ1v) is 6.03. The predicted octanol–water partition coefficient (Wildman–Crippen LogP) is 3.16. The number of nitrogens with zero attached hydrogens (tertiary/aromatic N) is 1. The molecule has 2 aliphatic carbocycles. The number of halogens is 3. The molecular formula is C12H16F3NO. The average molecular weight is 247 g/mol. The Kier molecular flexibility index (Phi) is 2.89. The minimum Gasteiger partial charge on any atom is -0.388 e. The lowest BCUT2D eigenvalue weighted by atomic mass is 9.54. The Morgan fingerprint density at radius 2 is 1.82 bits per heavy atom. The first-order chi connectivity index (χ1) is 7.83. The topological polar surface area (TPSA) is 44.0 Å². The lowest BCUT2D eigenvalue weighted by molar-refractivity contribution is -0.218. The third-order valence-electron chi connectivity index (χ3n) is 4.50. The van der Waals surface area contributed by atoms with Crippen LogP contribution in [0.15, 0.2) is 0 Å². The summed E-state index contributed by atoms with van der Waals surface area (Å²) in [6.45, 7) is 0. The predicted molar refractivity (Wildman–Crippen MR) is 54.9 cm³/mol. The summed E-state index contributed by atoms with van der Waals surface area (Å²) in [5.74, 6) is -1.45. The van der Waals surface area contributed by atoms with Crippen LogP contribution in [0.5, 0.6) is 0 Å². The summed E-state index contributed by atoms with van der Waals surface area (Å²) in [7, 11) is 0. The maximum absolute atomic E-state index is 12.7. The van der Waals surface area contributed by atoms with E-state index in [0.29, 0.717) is 25.7 Å². The average Bonchev–Trinajstić information content (AvgIpc) is 2.15. The molecule has 0 aromatic carbocycles. The van der Waals surface area contributed by atoms with Crippen molar-refractivity contribution in [3.63, 3.8) is 0 Å². The Hall–Kier alpha value is -0.760. The van der Waals surface area contributed by atoms with Crippen LogP contribution in [0, 0.1) is 22.7 Å². The summed E-state index contributed by atoms with van der Waals surface area (Å²) < 4.78 is 38.1. The van der Waals surface area contributed by atoms with Crippen molar-refractivity contribution in [1.82, 2.24) is 0 Å². The van der Waals surface area contributed by atoms with Gasteiger partial charge < -0.3 is 5.11 Å². The highest BCUT2D eigenvalue weighted by Crippen LogP contribution is 2.56. The molecule has 2 saturated carbocycles. The minimum atomic E-state index is -4.26. The van der Waals surface area contributed by atoms with Crippen LogP contribution in [0.4, 0.5) is 13.2 Å². The summed E-state index contributed by atoms with van der Waals surface area (Å²) in [6, 6.07) is 2.08. The second-order valence-corrected chi connectivity index (χ2v) is 5.41. The van der Waals surface area contributed by atoms with E-state index in [1.807, 2.05) is 0 Å². The van der Waals surface area contributed by atoms with E-state index in [4.69, 9.17) is 5.26 Å². The summed E-state index contributed by atoms with van der Waals surface area (Å²) in [4.78, 5) is 0. The maximum atomic E-state index is 12.7. The number of aliphatic hydroxyl groups is 1. The first kappa shape index (κ1) is 12.7. The molecule has 17 heavy (non-hydrogen) atoms. The van der Waals surface area contributed by atoms with E-state index in [2.05, 4.69) is 6.07 Å². The highest BCUT2D eigenvalue weighted by atomic mass is 19.4. The van der Waals surface area contributed by atoms with Crippen LogP contribution in [-0.4, -0.2) is 16.9 Å². The molecule has 0 spiro atoms. The van der Waals surface area contributed by atoms with Gasteiger partial charge in [0.05, 0.1) is 23.0 Å². The van der Waals surface area contributed by atoms with Gasteiger partial charge in [-0.05, 0) is 38.5 Å². The van der Waals surface area contributed by atoms with Crippen LogP contribution in [0.25, 0.3) is 0 Å². The van der Waals surface area contributed by atoms with Crippen molar-refractivity contribution in [3.8, 4) is 6.07 Å². The summed E-state index contributed by atoms with van der Waals surface area (Å²) >= 11 is 0. The quantitative estimate of drug-likeness (QED) is 0.773. The number of rotatable bonds is 1. The van der Waals surface area contributed by atoms with Gasteiger partial charge in [-0.2, -0.15) is 18.4 Å². The molecule has 0 bridgehead atoms. The van der Waals surface area contributed by atoms with Gasteiger partial charge >= 0.3 is 6.18 Å². The molecule has 96 valence electrons. The Bertz CT molecular complexity index is 343. The van der Waals surface area contributed by atoms with Crippen molar-refractivity contribution in [2.75, 3.05) is 0 Å². The molecule has 0 radical (unpaired) electrons. The Balaban J connectivity index is 2.18. The molecule has 2 rings (SSSR count). The summed E-state index contributed by atoms with van der Waals surface area (Å²) in [6.07, 6.45) is -1.91. The normalized spacial score (nSPS) is 37.0. The van der Waals surface area contributed by atoms with Crippen LogP contribution in [0.3, 0.4) is 0 Å². The molecule has 0 amide bonds. The molecule has 0 aromatic heterocycles. The fourth-order valence-electron chi connectivity index (χ4n) is 3.18. The van der Waals surface area contributed by atoms with Gasteiger partial charge in [-0.15, -0.1) is 0 Å². The molecule has 0 saturated heterocycles. The van der Waals surface area contributed by atoms with Gasteiger partial charge in [-0.25, -0.2) is 0 Å². The summed E-state index contributed by atoms with van der Waals surface area (Å²) in [5.41, 5.74) is -2.35. The number of hydrogen-bond donors (Lipinski definition) is 1. The first-order valence-electron chi connectivity index (χ1n) is 6.03. The second-order valence-electron chi connectivity index (χ2n) is 5.41. The van der Waals surface area contributed by atoms with Crippen molar-refractivity contribution in [3.05, 3.63) is 0 Å². The van der Waals surface area contributed by atoms with Crippen LogP contribution < -0.4 is 0 Å². The lowest BCUT2D eigenvalue weighted by Gasteiger charge is -2.52. The van der Waals surface area contributed by atoms with Crippen molar-refractivity contribution >= 4 is 0 Å². The zero-order valence-electron chi connectivity index (χ0n) is 9.56. The van der Waals surface area contributed by atoms with E-state index in [0.717, 1.165) is 6.42 Å². The highest BCUT2D eigenvalue weighted by Gasteiger charge is 2.59. The zero-order chi connectivity index (χ0) is 12.7. The highest BCUT2D eigenvalue weighted by molar-refractivity contribution is 5.17. The zero-order valence-corrected chi connectivity index (χ0v) is 9.56. The molecule has 0 unspecified atom stereocenters. The van der Waals surface area contributed by atoms with Crippen molar-refractivity contribution in [2.24, 2.45) is 11.3 Å². The lowest BCUT2D eigenvalue weighted by Crippen LogP contribution is -2.55. The van der Waals surface area contributed by atoms with Gasteiger partial charge in [0.2, 0.25) is 0 Å². The van der Waals surface area contributed by atoms with E-state index in [9.17, 15) is 18.3 Å². The van der Waals surface area contributed by atoms with Crippen molar-refractivity contribution < 1.29 is 18.3 Å². The van der Waals surface area contributed by atoms with Crippen LogP contribution in [-0.2, 0) is 0 Å². The fraction of sp³-hybridized carbons (Fsp3) is 0.917. The van der Waals surface area contributed by atoms with Gasteiger partial charge in [0.15, 0.2) is 0 Å². The van der Waals surface area contributed by atoms with E-state index >= 15 is 0 Å². The third kappa shape index (κ3) is 1.93. The van der Waals surface area contributed by atoms with Gasteiger partial charge in [0, 0.05) is 0 Å². The maximum Gasteiger partial charge on any atom is 0.391 e. The van der Waals surface area contributed by atoms with Gasteiger partial charge in [0.25, 0.3) is 0 Å². The Labute approximate surface area is 98.4 Å².